The lowest BCUT2D eigenvalue weighted by Gasteiger charge is -2.27. The molecule has 2 atom stereocenters. The van der Waals surface area contributed by atoms with Crippen molar-refractivity contribution in [2.45, 2.75) is 37.5 Å². The molecule has 2 aliphatic heterocycles. The van der Waals surface area contributed by atoms with Gasteiger partial charge >= 0.3 is 0 Å². The van der Waals surface area contributed by atoms with Gasteiger partial charge in [-0.3, -0.25) is 4.79 Å². The van der Waals surface area contributed by atoms with E-state index in [1.54, 1.807) is 4.90 Å². The van der Waals surface area contributed by atoms with E-state index >= 15 is 0 Å². The molecule has 1 N–H and O–H groups in total. The summed E-state index contributed by atoms with van der Waals surface area (Å²) in [4.78, 5) is 14.1. The maximum atomic E-state index is 12.4. The molecule has 18 heavy (non-hydrogen) atoms. The van der Waals surface area contributed by atoms with Crippen LogP contribution in [0.15, 0.2) is 0 Å². The molecule has 0 spiro atoms. The van der Waals surface area contributed by atoms with Crippen LogP contribution in [0.1, 0.15) is 26.7 Å². The van der Waals surface area contributed by atoms with E-state index in [1.807, 2.05) is 0 Å². The molecule has 0 radical (unpaired) electrons. The Hall–Kier alpha value is -0.620. The van der Waals surface area contributed by atoms with Crippen molar-refractivity contribution in [1.82, 2.24) is 10.2 Å². The normalized spacial score (nSPS) is 29.2. The van der Waals surface area contributed by atoms with E-state index in [4.69, 9.17) is 0 Å². The Morgan fingerprint density at radius 1 is 1.33 bits per heavy atom. The Bertz CT molecular complexity index is 430. The fraction of sp³-hybridized carbons (Fsp3) is 0.917. The second-order valence-electron chi connectivity index (χ2n) is 5.96. The van der Waals surface area contributed by atoms with Gasteiger partial charge in [0.1, 0.15) is 4.75 Å². The fourth-order valence-electron chi connectivity index (χ4n) is 2.75. The molecule has 0 aromatic carbocycles. The summed E-state index contributed by atoms with van der Waals surface area (Å²) in [6.07, 6.45) is 3.39. The third kappa shape index (κ3) is 2.28. The van der Waals surface area contributed by atoms with Crippen LogP contribution in [0.4, 0.5) is 0 Å². The van der Waals surface area contributed by atoms with Crippen LogP contribution in [0.5, 0.6) is 0 Å². The van der Waals surface area contributed by atoms with Gasteiger partial charge in [-0.25, -0.2) is 8.42 Å². The van der Waals surface area contributed by atoms with Crippen LogP contribution in [0.3, 0.4) is 0 Å². The van der Waals surface area contributed by atoms with E-state index in [1.165, 1.54) is 13.8 Å². The van der Waals surface area contributed by atoms with Gasteiger partial charge in [-0.05, 0) is 39.2 Å². The van der Waals surface area contributed by atoms with Crippen LogP contribution in [0.2, 0.25) is 0 Å². The summed E-state index contributed by atoms with van der Waals surface area (Å²) >= 11 is 0. The van der Waals surface area contributed by atoms with Crippen LogP contribution in [-0.2, 0) is 14.6 Å². The van der Waals surface area contributed by atoms with E-state index in [9.17, 15) is 13.2 Å². The molecule has 0 aromatic heterocycles. The highest BCUT2D eigenvalue weighted by Gasteiger charge is 2.45. The monoisotopic (exact) mass is 274 g/mol. The standard InChI is InChI=1S/C12H22N2O3S/c1-12(2,18(3,16)17)11(15)14-7-9-5-4-6-13-10(9)8-14/h9-10,13H,4-8H2,1-3H3/t9-,10+/m0/s1. The van der Waals surface area contributed by atoms with Gasteiger partial charge in [-0.1, -0.05) is 0 Å². The summed E-state index contributed by atoms with van der Waals surface area (Å²) in [5.41, 5.74) is 0. The fourth-order valence-corrected chi connectivity index (χ4v) is 3.20. The summed E-state index contributed by atoms with van der Waals surface area (Å²) in [5, 5.41) is 3.41. The van der Waals surface area contributed by atoms with Crippen LogP contribution >= 0.6 is 0 Å². The van der Waals surface area contributed by atoms with Gasteiger partial charge in [0.05, 0.1) is 0 Å². The Labute approximate surface area is 109 Å². The number of piperidine rings is 1. The maximum Gasteiger partial charge on any atom is 0.243 e. The second kappa shape index (κ2) is 4.49. The zero-order valence-corrected chi connectivity index (χ0v) is 12.1. The average Bonchev–Trinajstić information content (AvgIpc) is 2.69. The number of carbonyl (C=O) groups excluding carboxylic acids is 1. The van der Waals surface area contributed by atoms with E-state index in [2.05, 4.69) is 5.32 Å². The van der Waals surface area contributed by atoms with Crippen LogP contribution in [0.25, 0.3) is 0 Å². The molecule has 0 bridgehead atoms. The zero-order valence-electron chi connectivity index (χ0n) is 11.3. The topological polar surface area (TPSA) is 66.5 Å². The Morgan fingerprint density at radius 3 is 2.56 bits per heavy atom. The molecule has 2 rings (SSSR count). The van der Waals surface area contributed by atoms with E-state index in [0.717, 1.165) is 25.6 Å². The molecule has 0 aromatic rings. The Morgan fingerprint density at radius 2 is 2.00 bits per heavy atom. The molecular weight excluding hydrogens is 252 g/mol. The van der Waals surface area contributed by atoms with Gasteiger partial charge in [0.15, 0.2) is 9.84 Å². The summed E-state index contributed by atoms with van der Waals surface area (Å²) in [6, 6.07) is 0.345. The zero-order chi connectivity index (χ0) is 13.6. The lowest BCUT2D eigenvalue weighted by molar-refractivity contribution is -0.132. The third-order valence-electron chi connectivity index (χ3n) is 4.33. The Kier molecular flexibility index (Phi) is 3.44. The molecule has 0 unspecified atom stereocenters. The highest BCUT2D eigenvalue weighted by molar-refractivity contribution is 7.92. The number of rotatable bonds is 2. The number of nitrogens with zero attached hydrogens (tertiary/aromatic N) is 1. The molecular formula is C12H22N2O3S. The van der Waals surface area contributed by atoms with Crippen molar-refractivity contribution in [3.8, 4) is 0 Å². The minimum atomic E-state index is -3.38. The van der Waals surface area contributed by atoms with Crippen molar-refractivity contribution in [2.75, 3.05) is 25.9 Å². The molecule has 104 valence electrons. The van der Waals surface area contributed by atoms with E-state index < -0.39 is 14.6 Å². The highest BCUT2D eigenvalue weighted by Crippen LogP contribution is 2.28. The number of nitrogens with one attached hydrogen (secondary N) is 1. The molecule has 0 aliphatic carbocycles. The van der Waals surface area contributed by atoms with Crippen molar-refractivity contribution in [3.05, 3.63) is 0 Å². The minimum absolute atomic E-state index is 0.263. The van der Waals surface area contributed by atoms with Gasteiger partial charge in [-0.15, -0.1) is 0 Å². The van der Waals surface area contributed by atoms with Crippen LogP contribution in [0, 0.1) is 5.92 Å². The summed E-state index contributed by atoms with van der Waals surface area (Å²) in [7, 11) is -3.38. The largest absolute Gasteiger partial charge is 0.339 e. The first-order valence-corrected chi connectivity index (χ1v) is 8.35. The third-order valence-corrected chi connectivity index (χ3v) is 6.36. The van der Waals surface area contributed by atoms with Gasteiger partial charge in [0, 0.05) is 25.4 Å². The number of fused-ring (bicyclic) bond motifs is 1. The number of amides is 1. The van der Waals surface area contributed by atoms with Gasteiger partial charge < -0.3 is 10.2 Å². The van der Waals surface area contributed by atoms with Gasteiger partial charge in [-0.2, -0.15) is 0 Å². The predicted molar refractivity (Wildman–Crippen MR) is 70.0 cm³/mol. The molecule has 2 fully saturated rings. The number of likely N-dealkylation sites (tertiary alicyclic amines) is 1. The van der Waals surface area contributed by atoms with Crippen LogP contribution in [-0.4, -0.2) is 55.9 Å². The molecule has 2 saturated heterocycles. The molecule has 5 nitrogen and oxygen atoms in total. The lowest BCUT2D eigenvalue weighted by atomic mass is 9.94. The summed E-state index contributed by atoms with van der Waals surface area (Å²) < 4.78 is 22.1. The molecule has 2 heterocycles. The summed E-state index contributed by atoms with van der Waals surface area (Å²) in [6.45, 7) is 5.33. The number of hydrogen-bond donors (Lipinski definition) is 1. The average molecular weight is 274 g/mol. The lowest BCUT2D eigenvalue weighted by Crippen LogP contribution is -2.49. The maximum absolute atomic E-state index is 12.4. The van der Waals surface area contributed by atoms with Crippen molar-refractivity contribution < 1.29 is 13.2 Å². The van der Waals surface area contributed by atoms with Gasteiger partial charge in [0.2, 0.25) is 5.91 Å². The smallest absolute Gasteiger partial charge is 0.243 e. The minimum Gasteiger partial charge on any atom is -0.339 e. The van der Waals surface area contributed by atoms with Crippen LogP contribution < -0.4 is 5.32 Å². The second-order valence-corrected chi connectivity index (χ2v) is 8.52. The van der Waals surface area contributed by atoms with E-state index in [0.29, 0.717) is 25.0 Å². The first-order chi connectivity index (χ1) is 8.23. The van der Waals surface area contributed by atoms with Crippen molar-refractivity contribution in [2.24, 2.45) is 5.92 Å². The van der Waals surface area contributed by atoms with Crippen molar-refractivity contribution in [1.29, 1.82) is 0 Å². The Balaban J connectivity index is 2.12. The SMILES string of the molecule is CC(C)(C(=O)N1C[C@@H]2CCCN[C@@H]2C1)S(C)(=O)=O. The predicted octanol–water partition coefficient (Wildman–Crippen LogP) is 0.0200. The number of sulfone groups is 1. The molecule has 0 saturated carbocycles. The summed E-state index contributed by atoms with van der Waals surface area (Å²) in [5.74, 6) is 0.222. The molecule has 1 amide bonds. The van der Waals surface area contributed by atoms with Crippen molar-refractivity contribution >= 4 is 15.7 Å². The highest BCUT2D eigenvalue weighted by atomic mass is 32.2. The van der Waals surface area contributed by atoms with E-state index in [-0.39, 0.29) is 5.91 Å². The first-order valence-electron chi connectivity index (χ1n) is 6.46. The molecule has 6 heteroatoms. The van der Waals surface area contributed by atoms with Gasteiger partial charge in [0.25, 0.3) is 0 Å². The number of hydrogen-bond acceptors (Lipinski definition) is 4. The van der Waals surface area contributed by atoms with Crippen molar-refractivity contribution in [3.63, 3.8) is 0 Å². The number of carbonyl (C=O) groups is 1. The first kappa shape index (κ1) is 13.8. The molecule has 2 aliphatic rings. The quantitative estimate of drug-likeness (QED) is 0.771.